The Hall–Kier alpha value is -3.29. The minimum atomic E-state index is -0.347. The third-order valence-electron chi connectivity index (χ3n) is 4.88. The van der Waals surface area contributed by atoms with Crippen molar-refractivity contribution in [2.75, 3.05) is 43.5 Å². The maximum atomic E-state index is 12.7. The SMILES string of the molecule is COc1nc(C)c(C)cc1NC(=O)N1CCN(c2cccc(OC(C)=O)c2)CC1. The summed E-state index contributed by atoms with van der Waals surface area (Å²) in [5.41, 5.74) is 3.38. The van der Waals surface area contributed by atoms with Gasteiger partial charge in [0.25, 0.3) is 0 Å². The molecule has 0 bridgehead atoms. The third kappa shape index (κ3) is 4.96. The number of aryl methyl sites for hydroxylation is 2. The Morgan fingerprint density at radius 2 is 1.83 bits per heavy atom. The van der Waals surface area contributed by atoms with Crippen LogP contribution in [0.2, 0.25) is 0 Å². The summed E-state index contributed by atoms with van der Waals surface area (Å²) >= 11 is 0. The van der Waals surface area contributed by atoms with Gasteiger partial charge in [-0.2, -0.15) is 0 Å². The summed E-state index contributed by atoms with van der Waals surface area (Å²) in [5, 5.41) is 2.91. The molecular weight excluding hydrogens is 372 g/mol. The molecule has 0 unspecified atom stereocenters. The number of urea groups is 1. The average Bonchev–Trinajstić information content (AvgIpc) is 2.70. The first-order chi connectivity index (χ1) is 13.9. The number of piperazine rings is 1. The van der Waals surface area contributed by atoms with Crippen molar-refractivity contribution in [1.82, 2.24) is 9.88 Å². The van der Waals surface area contributed by atoms with Gasteiger partial charge in [-0.15, -0.1) is 0 Å². The zero-order valence-corrected chi connectivity index (χ0v) is 17.2. The van der Waals surface area contributed by atoms with Crippen LogP contribution < -0.4 is 19.7 Å². The number of pyridine rings is 1. The van der Waals surface area contributed by atoms with Crippen LogP contribution in [0.3, 0.4) is 0 Å². The fourth-order valence-corrected chi connectivity index (χ4v) is 3.20. The normalized spacial score (nSPS) is 13.8. The second-order valence-corrected chi connectivity index (χ2v) is 6.94. The molecule has 8 nitrogen and oxygen atoms in total. The Morgan fingerprint density at radius 1 is 1.10 bits per heavy atom. The summed E-state index contributed by atoms with van der Waals surface area (Å²) in [7, 11) is 1.54. The van der Waals surface area contributed by atoms with Crippen molar-refractivity contribution >= 4 is 23.4 Å². The maximum Gasteiger partial charge on any atom is 0.322 e. The van der Waals surface area contributed by atoms with Crippen LogP contribution in [-0.2, 0) is 4.79 Å². The Kier molecular flexibility index (Phi) is 6.21. The zero-order valence-electron chi connectivity index (χ0n) is 17.2. The molecule has 2 amide bonds. The van der Waals surface area contributed by atoms with Crippen LogP contribution in [0.15, 0.2) is 30.3 Å². The number of hydrogen-bond acceptors (Lipinski definition) is 6. The van der Waals surface area contributed by atoms with E-state index < -0.39 is 0 Å². The Labute approximate surface area is 170 Å². The van der Waals surface area contributed by atoms with E-state index in [0.29, 0.717) is 43.5 Å². The molecule has 0 radical (unpaired) electrons. The average molecular weight is 398 g/mol. The number of esters is 1. The fourth-order valence-electron chi connectivity index (χ4n) is 3.20. The summed E-state index contributed by atoms with van der Waals surface area (Å²) in [4.78, 5) is 32.2. The van der Waals surface area contributed by atoms with Gasteiger partial charge in [-0.05, 0) is 37.6 Å². The smallest absolute Gasteiger partial charge is 0.322 e. The molecule has 1 aromatic carbocycles. The van der Waals surface area contributed by atoms with Gasteiger partial charge in [-0.3, -0.25) is 4.79 Å². The molecule has 1 saturated heterocycles. The van der Waals surface area contributed by atoms with Gasteiger partial charge in [0.2, 0.25) is 5.88 Å². The fraction of sp³-hybridized carbons (Fsp3) is 0.381. The van der Waals surface area contributed by atoms with E-state index in [2.05, 4.69) is 15.2 Å². The number of ether oxygens (including phenoxy) is 2. The zero-order chi connectivity index (χ0) is 21.0. The molecular formula is C21H26N4O4. The van der Waals surface area contributed by atoms with E-state index in [1.807, 2.05) is 38.1 Å². The monoisotopic (exact) mass is 398 g/mol. The summed E-state index contributed by atoms with van der Waals surface area (Å²) < 4.78 is 10.4. The van der Waals surface area contributed by atoms with Crippen molar-refractivity contribution in [2.45, 2.75) is 20.8 Å². The van der Waals surface area contributed by atoms with Crippen molar-refractivity contribution in [2.24, 2.45) is 0 Å². The molecule has 154 valence electrons. The predicted molar refractivity (Wildman–Crippen MR) is 111 cm³/mol. The molecule has 1 aromatic heterocycles. The maximum absolute atomic E-state index is 12.7. The molecule has 2 heterocycles. The standard InChI is InChI=1S/C21H26N4O4/c1-14-12-19(20(28-4)22-15(14)2)23-21(27)25-10-8-24(9-11-25)17-6-5-7-18(13-17)29-16(3)26/h5-7,12-13H,8-11H2,1-4H3,(H,23,27). The van der Waals surface area contributed by atoms with Crippen LogP contribution >= 0.6 is 0 Å². The van der Waals surface area contributed by atoms with Crippen molar-refractivity contribution in [3.8, 4) is 11.6 Å². The van der Waals surface area contributed by atoms with Gasteiger partial charge in [-0.1, -0.05) is 6.07 Å². The molecule has 29 heavy (non-hydrogen) atoms. The van der Waals surface area contributed by atoms with Gasteiger partial charge < -0.3 is 24.6 Å². The molecule has 1 N–H and O–H groups in total. The summed E-state index contributed by atoms with van der Waals surface area (Å²) in [6.45, 7) is 7.73. The number of hydrogen-bond donors (Lipinski definition) is 1. The van der Waals surface area contributed by atoms with E-state index in [-0.39, 0.29) is 12.0 Å². The van der Waals surface area contributed by atoms with Crippen molar-refractivity contribution < 1.29 is 19.1 Å². The van der Waals surface area contributed by atoms with E-state index in [1.54, 1.807) is 11.0 Å². The highest BCUT2D eigenvalue weighted by Gasteiger charge is 2.23. The molecule has 1 fully saturated rings. The van der Waals surface area contributed by atoms with Crippen LogP contribution in [0.25, 0.3) is 0 Å². The van der Waals surface area contributed by atoms with Crippen molar-refractivity contribution in [3.63, 3.8) is 0 Å². The number of nitrogens with zero attached hydrogens (tertiary/aromatic N) is 3. The molecule has 3 rings (SSSR count). The van der Waals surface area contributed by atoms with Crippen molar-refractivity contribution in [3.05, 3.63) is 41.6 Å². The minimum Gasteiger partial charge on any atom is -0.480 e. The highest BCUT2D eigenvalue weighted by molar-refractivity contribution is 5.91. The molecule has 0 atom stereocenters. The Bertz CT molecular complexity index is 908. The predicted octanol–water partition coefficient (Wildman–Crippen LogP) is 2.99. The number of carbonyl (C=O) groups is 2. The summed E-state index contributed by atoms with van der Waals surface area (Å²) in [6, 6.07) is 9.10. The topological polar surface area (TPSA) is 84.0 Å². The first-order valence-corrected chi connectivity index (χ1v) is 9.49. The number of nitrogens with one attached hydrogen (secondary N) is 1. The summed E-state index contributed by atoms with van der Waals surface area (Å²) in [5.74, 6) is 0.576. The Balaban J connectivity index is 1.62. The lowest BCUT2D eigenvalue weighted by molar-refractivity contribution is -0.131. The quantitative estimate of drug-likeness (QED) is 0.630. The van der Waals surface area contributed by atoms with Crippen molar-refractivity contribution in [1.29, 1.82) is 0 Å². The van der Waals surface area contributed by atoms with Crippen LogP contribution in [0.1, 0.15) is 18.2 Å². The highest BCUT2D eigenvalue weighted by Crippen LogP contribution is 2.26. The molecule has 0 spiro atoms. The molecule has 1 aliphatic rings. The van der Waals surface area contributed by atoms with E-state index in [9.17, 15) is 9.59 Å². The molecule has 8 heteroatoms. The van der Waals surface area contributed by atoms with Crippen LogP contribution in [0.5, 0.6) is 11.6 Å². The van der Waals surface area contributed by atoms with E-state index in [0.717, 1.165) is 16.9 Å². The van der Waals surface area contributed by atoms with Crippen LogP contribution in [0, 0.1) is 13.8 Å². The van der Waals surface area contributed by atoms with Gasteiger partial charge in [-0.25, -0.2) is 9.78 Å². The minimum absolute atomic E-state index is 0.179. The lowest BCUT2D eigenvalue weighted by Gasteiger charge is -2.36. The van der Waals surface area contributed by atoms with Gasteiger partial charge in [0.1, 0.15) is 11.4 Å². The second-order valence-electron chi connectivity index (χ2n) is 6.94. The van der Waals surface area contributed by atoms with E-state index in [1.165, 1.54) is 14.0 Å². The number of carbonyl (C=O) groups excluding carboxylic acids is 2. The lowest BCUT2D eigenvalue weighted by atomic mass is 10.2. The number of anilines is 2. The largest absolute Gasteiger partial charge is 0.480 e. The van der Waals surface area contributed by atoms with Gasteiger partial charge in [0.05, 0.1) is 7.11 Å². The van der Waals surface area contributed by atoms with Crippen LogP contribution in [0.4, 0.5) is 16.2 Å². The third-order valence-corrected chi connectivity index (χ3v) is 4.88. The molecule has 2 aromatic rings. The first-order valence-electron chi connectivity index (χ1n) is 9.49. The number of aromatic nitrogens is 1. The van der Waals surface area contributed by atoms with Gasteiger partial charge in [0.15, 0.2) is 0 Å². The second kappa shape index (κ2) is 8.81. The number of rotatable bonds is 4. The number of methoxy groups -OCH3 is 1. The number of amides is 2. The lowest BCUT2D eigenvalue weighted by Crippen LogP contribution is -2.50. The summed E-state index contributed by atoms with van der Waals surface area (Å²) in [6.07, 6.45) is 0. The van der Waals surface area contributed by atoms with E-state index >= 15 is 0 Å². The van der Waals surface area contributed by atoms with Gasteiger partial charge >= 0.3 is 12.0 Å². The Morgan fingerprint density at radius 3 is 2.48 bits per heavy atom. The van der Waals surface area contributed by atoms with Gasteiger partial charge in [0, 0.05) is 50.6 Å². The molecule has 1 aliphatic heterocycles. The highest BCUT2D eigenvalue weighted by atomic mass is 16.5. The van der Waals surface area contributed by atoms with E-state index in [4.69, 9.17) is 9.47 Å². The molecule has 0 saturated carbocycles. The van der Waals surface area contributed by atoms with Crippen LogP contribution in [-0.4, -0.2) is 55.2 Å². The first kappa shape index (κ1) is 20.4. The number of benzene rings is 1. The molecule has 0 aliphatic carbocycles.